The van der Waals surface area contributed by atoms with Crippen LogP contribution in [0.4, 0.5) is 11.4 Å². The molecule has 0 aromatic heterocycles. The number of methoxy groups -OCH3 is 3. The lowest BCUT2D eigenvalue weighted by Gasteiger charge is -2.32. The molecule has 2 aliphatic rings. The molecule has 0 saturated heterocycles. The second kappa shape index (κ2) is 8.34. The summed E-state index contributed by atoms with van der Waals surface area (Å²) in [6.45, 7) is 1.90. The molecule has 0 saturated carbocycles. The summed E-state index contributed by atoms with van der Waals surface area (Å²) in [6, 6.07) is 12.7. The van der Waals surface area contributed by atoms with Crippen molar-refractivity contribution < 1.29 is 23.8 Å². The van der Waals surface area contributed by atoms with Crippen molar-refractivity contribution in [2.45, 2.75) is 19.4 Å². The van der Waals surface area contributed by atoms with Gasteiger partial charge in [0.05, 0.1) is 38.7 Å². The Hall–Kier alpha value is -3.48. The number of carbonyl (C=O) groups excluding carboxylic acids is 2. The van der Waals surface area contributed by atoms with Crippen LogP contribution in [0.15, 0.2) is 53.7 Å². The van der Waals surface area contributed by atoms with Gasteiger partial charge in [0.1, 0.15) is 17.4 Å². The number of allylic oxidation sites excluding steroid dienone is 1. The molecule has 4 rings (SSSR count). The molecular weight excluding hydrogens is 396 g/mol. The molecule has 1 aliphatic carbocycles. The zero-order valence-electron chi connectivity index (χ0n) is 18.0. The molecule has 0 bridgehead atoms. The van der Waals surface area contributed by atoms with Gasteiger partial charge in [0.25, 0.3) is 0 Å². The number of para-hydroxylation sites is 2. The van der Waals surface area contributed by atoms with Gasteiger partial charge in [-0.25, -0.2) is 0 Å². The SMILES string of the molecule is COC(=O)[C@H]1C(=O)C2=C(C[C@H]1C)Nc1ccccc1N[C@H]2c1cc(OC)ccc1OC. The molecule has 1 heterocycles. The Labute approximate surface area is 181 Å². The maximum Gasteiger partial charge on any atom is 0.316 e. The van der Waals surface area contributed by atoms with Crippen LogP contribution in [-0.4, -0.2) is 33.1 Å². The standard InChI is InChI=1S/C24H26N2O5/c1-13-11-18-21(23(27)20(13)24(28)31-4)22(26-17-8-6-5-7-16(17)25-18)15-12-14(29-2)9-10-19(15)30-3/h5-10,12-13,20,22,25-26H,11H2,1-4H3/t13-,20-,22+/m1/s1. The number of ketones is 1. The smallest absolute Gasteiger partial charge is 0.316 e. The van der Waals surface area contributed by atoms with Gasteiger partial charge in [0.2, 0.25) is 0 Å². The predicted octanol–water partition coefficient (Wildman–Crippen LogP) is 3.93. The van der Waals surface area contributed by atoms with Crippen molar-refractivity contribution in [3.63, 3.8) is 0 Å². The fourth-order valence-corrected chi connectivity index (χ4v) is 4.43. The van der Waals surface area contributed by atoms with Crippen LogP contribution < -0.4 is 20.1 Å². The first-order valence-electron chi connectivity index (χ1n) is 10.2. The van der Waals surface area contributed by atoms with Gasteiger partial charge in [-0.15, -0.1) is 0 Å². The normalized spacial score (nSPS) is 22.3. The number of hydrogen-bond acceptors (Lipinski definition) is 7. The van der Waals surface area contributed by atoms with Gasteiger partial charge in [0.15, 0.2) is 5.78 Å². The molecule has 162 valence electrons. The Bertz CT molecular complexity index is 1060. The van der Waals surface area contributed by atoms with Crippen LogP contribution in [0.2, 0.25) is 0 Å². The maximum absolute atomic E-state index is 13.7. The summed E-state index contributed by atoms with van der Waals surface area (Å²) in [4.78, 5) is 26.2. The fourth-order valence-electron chi connectivity index (χ4n) is 4.43. The molecule has 31 heavy (non-hydrogen) atoms. The number of nitrogens with one attached hydrogen (secondary N) is 2. The highest BCUT2D eigenvalue weighted by Crippen LogP contribution is 2.46. The lowest BCUT2D eigenvalue weighted by Crippen LogP contribution is -2.39. The molecule has 0 fully saturated rings. The van der Waals surface area contributed by atoms with E-state index in [-0.39, 0.29) is 11.7 Å². The van der Waals surface area contributed by atoms with Gasteiger partial charge >= 0.3 is 5.97 Å². The Kier molecular flexibility index (Phi) is 5.59. The molecule has 0 unspecified atom stereocenters. The summed E-state index contributed by atoms with van der Waals surface area (Å²) in [5, 5.41) is 6.93. The molecule has 3 atom stereocenters. The van der Waals surface area contributed by atoms with Crippen LogP contribution >= 0.6 is 0 Å². The van der Waals surface area contributed by atoms with Gasteiger partial charge in [0, 0.05) is 16.8 Å². The number of rotatable bonds is 4. The van der Waals surface area contributed by atoms with Crippen LogP contribution in [0.25, 0.3) is 0 Å². The first-order valence-corrected chi connectivity index (χ1v) is 10.2. The Morgan fingerprint density at radius 1 is 1.03 bits per heavy atom. The first kappa shape index (κ1) is 20.8. The van der Waals surface area contributed by atoms with Crippen molar-refractivity contribution >= 4 is 23.1 Å². The van der Waals surface area contributed by atoms with Gasteiger partial charge in [-0.1, -0.05) is 19.1 Å². The average Bonchev–Trinajstić information content (AvgIpc) is 2.94. The van der Waals surface area contributed by atoms with Crippen LogP contribution in [0, 0.1) is 11.8 Å². The molecule has 2 aromatic carbocycles. The van der Waals surface area contributed by atoms with Crippen molar-refractivity contribution in [1.82, 2.24) is 0 Å². The average molecular weight is 422 g/mol. The number of hydrogen-bond donors (Lipinski definition) is 2. The third-order valence-electron chi connectivity index (χ3n) is 5.97. The number of fused-ring (bicyclic) bond motifs is 1. The molecule has 7 heteroatoms. The van der Waals surface area contributed by atoms with E-state index < -0.39 is 17.9 Å². The summed E-state index contributed by atoms with van der Waals surface area (Å²) in [5.74, 6) is -0.542. The summed E-state index contributed by atoms with van der Waals surface area (Å²) in [6.07, 6.45) is 0.541. The highest BCUT2D eigenvalue weighted by molar-refractivity contribution is 6.11. The van der Waals surface area contributed by atoms with E-state index in [4.69, 9.17) is 14.2 Å². The summed E-state index contributed by atoms with van der Waals surface area (Å²) < 4.78 is 16.0. The van der Waals surface area contributed by atoms with Crippen molar-refractivity contribution in [3.05, 3.63) is 59.3 Å². The van der Waals surface area contributed by atoms with E-state index in [1.54, 1.807) is 14.2 Å². The van der Waals surface area contributed by atoms with E-state index in [2.05, 4.69) is 10.6 Å². The van der Waals surface area contributed by atoms with E-state index in [1.165, 1.54) is 7.11 Å². The highest BCUT2D eigenvalue weighted by atomic mass is 16.5. The summed E-state index contributed by atoms with van der Waals surface area (Å²) >= 11 is 0. The van der Waals surface area contributed by atoms with Gasteiger partial charge in [-0.05, 0) is 42.7 Å². The summed E-state index contributed by atoms with van der Waals surface area (Å²) in [5.41, 5.74) is 3.78. The molecule has 0 amide bonds. The highest BCUT2D eigenvalue weighted by Gasteiger charge is 2.44. The summed E-state index contributed by atoms with van der Waals surface area (Å²) in [7, 11) is 4.49. The zero-order chi connectivity index (χ0) is 22.1. The number of benzene rings is 2. The second-order valence-corrected chi connectivity index (χ2v) is 7.79. The van der Waals surface area contributed by atoms with E-state index in [0.717, 1.165) is 22.6 Å². The van der Waals surface area contributed by atoms with E-state index in [1.807, 2.05) is 49.4 Å². The molecule has 1 aliphatic heterocycles. The molecular formula is C24H26N2O5. The van der Waals surface area contributed by atoms with Crippen molar-refractivity contribution in [3.8, 4) is 11.5 Å². The Morgan fingerprint density at radius 3 is 2.45 bits per heavy atom. The van der Waals surface area contributed by atoms with E-state index in [9.17, 15) is 9.59 Å². The van der Waals surface area contributed by atoms with Crippen molar-refractivity contribution in [1.29, 1.82) is 0 Å². The molecule has 0 spiro atoms. The van der Waals surface area contributed by atoms with E-state index in [0.29, 0.717) is 23.5 Å². The van der Waals surface area contributed by atoms with Gasteiger partial charge in [-0.3, -0.25) is 9.59 Å². The first-order chi connectivity index (χ1) is 15.0. The number of esters is 1. The largest absolute Gasteiger partial charge is 0.497 e. The van der Waals surface area contributed by atoms with Crippen molar-refractivity contribution in [2.75, 3.05) is 32.0 Å². The second-order valence-electron chi connectivity index (χ2n) is 7.79. The number of Topliss-reactive ketones (excluding diaryl/α,β-unsaturated/α-hetero) is 1. The van der Waals surface area contributed by atoms with Crippen LogP contribution in [0.5, 0.6) is 11.5 Å². The molecule has 0 radical (unpaired) electrons. The van der Waals surface area contributed by atoms with Crippen LogP contribution in [0.1, 0.15) is 24.9 Å². The molecule has 2 N–H and O–H groups in total. The van der Waals surface area contributed by atoms with E-state index >= 15 is 0 Å². The van der Waals surface area contributed by atoms with Crippen LogP contribution in [0.3, 0.4) is 0 Å². The predicted molar refractivity (Wildman–Crippen MR) is 117 cm³/mol. The Balaban J connectivity index is 1.93. The number of ether oxygens (including phenoxy) is 3. The lowest BCUT2D eigenvalue weighted by molar-refractivity contribution is -0.151. The minimum atomic E-state index is -0.854. The fraction of sp³-hybridized carbons (Fsp3) is 0.333. The monoisotopic (exact) mass is 422 g/mol. The van der Waals surface area contributed by atoms with Crippen molar-refractivity contribution in [2.24, 2.45) is 11.8 Å². The Morgan fingerprint density at radius 2 is 1.77 bits per heavy atom. The zero-order valence-corrected chi connectivity index (χ0v) is 18.0. The quantitative estimate of drug-likeness (QED) is 0.570. The number of anilines is 2. The van der Waals surface area contributed by atoms with Crippen LogP contribution in [-0.2, 0) is 14.3 Å². The minimum absolute atomic E-state index is 0.190. The maximum atomic E-state index is 13.7. The minimum Gasteiger partial charge on any atom is -0.497 e. The lowest BCUT2D eigenvalue weighted by atomic mass is 9.74. The number of carbonyl (C=O) groups is 2. The van der Waals surface area contributed by atoms with Gasteiger partial charge in [-0.2, -0.15) is 0 Å². The third-order valence-corrected chi connectivity index (χ3v) is 5.97. The molecule has 2 aromatic rings. The molecule has 7 nitrogen and oxygen atoms in total. The topological polar surface area (TPSA) is 85.9 Å². The van der Waals surface area contributed by atoms with Gasteiger partial charge < -0.3 is 24.8 Å². The third kappa shape index (κ3) is 3.60.